The van der Waals surface area contributed by atoms with Gasteiger partial charge in [-0.1, -0.05) is 26.8 Å². The van der Waals surface area contributed by atoms with Gasteiger partial charge < -0.3 is 0 Å². The molecule has 10 heavy (non-hydrogen) atoms. The van der Waals surface area contributed by atoms with Gasteiger partial charge in [0.15, 0.2) is 0 Å². The molecular weight excluding hydrogens is 124 g/mol. The van der Waals surface area contributed by atoms with Gasteiger partial charge in [0.25, 0.3) is 0 Å². The molecule has 0 radical (unpaired) electrons. The first kappa shape index (κ1) is 7.52. The maximum atomic E-state index is 11.1. The third-order valence-corrected chi connectivity index (χ3v) is 3.10. The van der Waals surface area contributed by atoms with E-state index in [4.69, 9.17) is 0 Å². The van der Waals surface area contributed by atoms with Crippen molar-refractivity contribution < 1.29 is 4.79 Å². The van der Waals surface area contributed by atoms with E-state index in [1.165, 1.54) is 0 Å². The summed E-state index contributed by atoms with van der Waals surface area (Å²) < 4.78 is 0. The summed E-state index contributed by atoms with van der Waals surface area (Å²) in [6, 6.07) is 0. The van der Waals surface area contributed by atoms with Crippen LogP contribution in [0.25, 0.3) is 0 Å². The van der Waals surface area contributed by atoms with Gasteiger partial charge >= 0.3 is 0 Å². The average molecular weight is 138 g/mol. The quantitative estimate of drug-likeness (QED) is 0.507. The third kappa shape index (κ3) is 0.606. The largest absolute Gasteiger partial charge is 0.299 e. The van der Waals surface area contributed by atoms with Gasteiger partial charge in [-0.15, -0.1) is 6.58 Å². The highest BCUT2D eigenvalue weighted by molar-refractivity contribution is 5.92. The van der Waals surface area contributed by atoms with E-state index < -0.39 is 0 Å². The molecule has 0 N–H and O–H groups in total. The molecule has 1 rings (SSSR count). The standard InChI is InChI=1S/C9H14O/c1-5-9(4)6-7(10)8(9,2)3/h5H,1,6H2,2-4H3. The SMILES string of the molecule is C=CC1(C)CC(=O)C1(C)C. The Morgan fingerprint density at radius 2 is 2.00 bits per heavy atom. The van der Waals surface area contributed by atoms with Gasteiger partial charge in [-0.3, -0.25) is 4.79 Å². The molecule has 1 heteroatoms. The molecule has 56 valence electrons. The average Bonchev–Trinajstić information content (AvgIpc) is 1.88. The monoisotopic (exact) mass is 138 g/mol. The fourth-order valence-electron chi connectivity index (χ4n) is 1.31. The molecule has 0 heterocycles. The Balaban J connectivity index is 2.90. The van der Waals surface area contributed by atoms with Crippen LogP contribution >= 0.6 is 0 Å². The summed E-state index contributed by atoms with van der Waals surface area (Å²) in [5, 5.41) is 0. The number of ketones is 1. The van der Waals surface area contributed by atoms with Crippen LogP contribution in [0, 0.1) is 10.8 Å². The maximum Gasteiger partial charge on any atom is 0.140 e. The molecule has 0 aromatic carbocycles. The first-order chi connectivity index (χ1) is 4.44. The first-order valence-electron chi connectivity index (χ1n) is 3.61. The van der Waals surface area contributed by atoms with E-state index >= 15 is 0 Å². The summed E-state index contributed by atoms with van der Waals surface area (Å²) in [5.41, 5.74) is -0.126. The van der Waals surface area contributed by atoms with Crippen molar-refractivity contribution in [3.8, 4) is 0 Å². The van der Waals surface area contributed by atoms with Crippen molar-refractivity contribution in [3.05, 3.63) is 12.7 Å². The second-order valence-corrected chi connectivity index (χ2v) is 3.85. The Morgan fingerprint density at radius 1 is 1.50 bits per heavy atom. The van der Waals surface area contributed by atoms with Crippen LogP contribution in [-0.2, 0) is 4.79 Å². The lowest BCUT2D eigenvalue weighted by atomic mass is 9.51. The second-order valence-electron chi connectivity index (χ2n) is 3.85. The molecule has 1 unspecified atom stereocenters. The smallest absolute Gasteiger partial charge is 0.140 e. The summed E-state index contributed by atoms with van der Waals surface area (Å²) >= 11 is 0. The molecule has 0 saturated heterocycles. The molecule has 0 spiro atoms. The summed E-state index contributed by atoms with van der Waals surface area (Å²) in [6.45, 7) is 9.79. The zero-order valence-corrected chi connectivity index (χ0v) is 6.90. The van der Waals surface area contributed by atoms with Crippen molar-refractivity contribution >= 4 is 5.78 Å². The minimum Gasteiger partial charge on any atom is -0.299 e. The van der Waals surface area contributed by atoms with E-state index in [1.807, 2.05) is 19.9 Å². The topological polar surface area (TPSA) is 17.1 Å². The lowest BCUT2D eigenvalue weighted by Gasteiger charge is -2.50. The van der Waals surface area contributed by atoms with Crippen LogP contribution in [0.15, 0.2) is 12.7 Å². The number of hydrogen-bond acceptors (Lipinski definition) is 1. The van der Waals surface area contributed by atoms with Crippen molar-refractivity contribution in [3.63, 3.8) is 0 Å². The van der Waals surface area contributed by atoms with Gasteiger partial charge in [0, 0.05) is 17.3 Å². The number of hydrogen-bond donors (Lipinski definition) is 0. The van der Waals surface area contributed by atoms with E-state index in [0.29, 0.717) is 12.2 Å². The normalized spacial score (nSPS) is 36.9. The Labute approximate surface area is 62.1 Å². The molecule has 0 aliphatic heterocycles. The van der Waals surface area contributed by atoms with Crippen molar-refractivity contribution in [2.75, 3.05) is 0 Å². The van der Waals surface area contributed by atoms with Crippen molar-refractivity contribution in [1.29, 1.82) is 0 Å². The third-order valence-electron chi connectivity index (χ3n) is 3.10. The summed E-state index contributed by atoms with van der Waals surface area (Å²) in [6.07, 6.45) is 2.57. The zero-order chi connectivity index (χ0) is 7.99. The van der Waals surface area contributed by atoms with Gasteiger partial charge in [-0.2, -0.15) is 0 Å². The fraction of sp³-hybridized carbons (Fsp3) is 0.667. The Bertz CT molecular complexity index is 188. The summed E-state index contributed by atoms with van der Waals surface area (Å²) in [4.78, 5) is 11.1. The van der Waals surface area contributed by atoms with Gasteiger partial charge in [0.1, 0.15) is 5.78 Å². The van der Waals surface area contributed by atoms with Crippen LogP contribution in [-0.4, -0.2) is 5.78 Å². The Morgan fingerprint density at radius 3 is 2.10 bits per heavy atom. The van der Waals surface area contributed by atoms with Crippen molar-refractivity contribution in [1.82, 2.24) is 0 Å². The molecule has 1 fully saturated rings. The van der Waals surface area contributed by atoms with Gasteiger partial charge in [0.05, 0.1) is 0 Å². The molecule has 1 nitrogen and oxygen atoms in total. The Hall–Kier alpha value is -0.590. The molecule has 1 aliphatic carbocycles. The lowest BCUT2D eigenvalue weighted by Crippen LogP contribution is -2.52. The lowest BCUT2D eigenvalue weighted by molar-refractivity contribution is -0.148. The molecule has 1 aliphatic rings. The van der Waals surface area contributed by atoms with Gasteiger partial charge in [0.2, 0.25) is 0 Å². The second kappa shape index (κ2) is 1.71. The predicted molar refractivity (Wildman–Crippen MR) is 41.7 cm³/mol. The van der Waals surface area contributed by atoms with Crippen LogP contribution in [0.5, 0.6) is 0 Å². The highest BCUT2D eigenvalue weighted by atomic mass is 16.1. The van der Waals surface area contributed by atoms with Crippen LogP contribution in [0.2, 0.25) is 0 Å². The van der Waals surface area contributed by atoms with E-state index in [9.17, 15) is 4.79 Å². The maximum absolute atomic E-state index is 11.1. The van der Waals surface area contributed by atoms with Gasteiger partial charge in [-0.25, -0.2) is 0 Å². The fourth-order valence-corrected chi connectivity index (χ4v) is 1.31. The van der Waals surface area contributed by atoms with E-state index in [-0.39, 0.29) is 10.8 Å². The molecular formula is C9H14O. The summed E-state index contributed by atoms with van der Waals surface area (Å²) in [5.74, 6) is 0.356. The number of rotatable bonds is 1. The first-order valence-corrected chi connectivity index (χ1v) is 3.61. The van der Waals surface area contributed by atoms with Crippen molar-refractivity contribution in [2.24, 2.45) is 10.8 Å². The number of carbonyl (C=O) groups is 1. The molecule has 0 amide bonds. The molecule has 1 atom stereocenters. The van der Waals surface area contributed by atoms with Crippen LogP contribution in [0.4, 0.5) is 0 Å². The minimum absolute atomic E-state index is 0.0457. The zero-order valence-electron chi connectivity index (χ0n) is 6.90. The highest BCUT2D eigenvalue weighted by Crippen LogP contribution is 2.53. The molecule has 0 bridgehead atoms. The van der Waals surface area contributed by atoms with Crippen LogP contribution < -0.4 is 0 Å². The molecule has 0 aromatic rings. The van der Waals surface area contributed by atoms with E-state index in [0.717, 1.165) is 0 Å². The number of carbonyl (C=O) groups excluding carboxylic acids is 1. The molecule has 0 aromatic heterocycles. The van der Waals surface area contributed by atoms with E-state index in [1.54, 1.807) is 0 Å². The highest BCUT2D eigenvalue weighted by Gasteiger charge is 2.54. The Kier molecular flexibility index (Phi) is 1.29. The number of Topliss-reactive ketones (excluding diaryl/α,β-unsaturated/α-hetero) is 1. The summed E-state index contributed by atoms with van der Waals surface area (Å²) in [7, 11) is 0. The predicted octanol–water partition coefficient (Wildman–Crippen LogP) is 2.18. The van der Waals surface area contributed by atoms with Crippen LogP contribution in [0.3, 0.4) is 0 Å². The van der Waals surface area contributed by atoms with Crippen LogP contribution in [0.1, 0.15) is 27.2 Å². The number of allylic oxidation sites excluding steroid dienone is 1. The van der Waals surface area contributed by atoms with Crippen molar-refractivity contribution in [2.45, 2.75) is 27.2 Å². The van der Waals surface area contributed by atoms with Gasteiger partial charge in [-0.05, 0) is 0 Å². The van der Waals surface area contributed by atoms with E-state index in [2.05, 4.69) is 13.5 Å². The minimum atomic E-state index is -0.172. The molecule has 1 saturated carbocycles.